The highest BCUT2D eigenvalue weighted by atomic mass is 32.2. The van der Waals surface area contributed by atoms with E-state index in [9.17, 15) is 18.0 Å². The lowest BCUT2D eigenvalue weighted by atomic mass is 10.0. The zero-order chi connectivity index (χ0) is 18.5. The molecule has 138 valence electrons. The second-order valence-electron chi connectivity index (χ2n) is 6.08. The lowest BCUT2D eigenvalue weighted by Gasteiger charge is -2.23. The van der Waals surface area contributed by atoms with E-state index in [-0.39, 0.29) is 18.1 Å². The second-order valence-corrected chi connectivity index (χ2v) is 8.26. The molecule has 1 N–H and O–H groups in total. The molecular formula is C16H21NO7S. The largest absolute Gasteiger partial charge is 0.497 e. The number of amides is 1. The third kappa shape index (κ3) is 5.93. The molecule has 8 nitrogen and oxygen atoms in total. The van der Waals surface area contributed by atoms with Gasteiger partial charge in [0, 0.05) is 0 Å². The Morgan fingerprint density at radius 2 is 1.80 bits per heavy atom. The van der Waals surface area contributed by atoms with Crippen LogP contribution >= 0.6 is 0 Å². The molecule has 0 unspecified atom stereocenters. The number of rotatable bonds is 7. The first-order chi connectivity index (χ1) is 11.7. The number of esters is 1. The lowest BCUT2D eigenvalue weighted by molar-refractivity contribution is -0.150. The van der Waals surface area contributed by atoms with Crippen molar-refractivity contribution in [3.05, 3.63) is 24.3 Å². The quantitative estimate of drug-likeness (QED) is 0.687. The zero-order valence-electron chi connectivity index (χ0n) is 14.1. The number of hydrogen-bond acceptors (Lipinski definition) is 7. The molecule has 2 rings (SSSR count). The van der Waals surface area contributed by atoms with Gasteiger partial charge in [0.15, 0.2) is 23.1 Å². The minimum absolute atomic E-state index is 0.0409. The molecule has 0 spiro atoms. The predicted molar refractivity (Wildman–Crippen MR) is 89.3 cm³/mol. The molecule has 0 radical (unpaired) electrons. The monoisotopic (exact) mass is 371 g/mol. The Kier molecular flexibility index (Phi) is 5.89. The Morgan fingerprint density at radius 1 is 1.16 bits per heavy atom. The van der Waals surface area contributed by atoms with E-state index in [0.717, 1.165) is 0 Å². The Bertz CT molecular complexity index is 729. The predicted octanol–water partition coefficient (Wildman–Crippen LogP) is 0.311. The standard InChI is InChI=1S/C16H21NO7S/c1-16(7-8-25(20,21)11-16)17-14(18)9-24-15(19)10-23-13-5-3-12(22-2)4-6-13/h3-6H,7-11H2,1-2H3,(H,17,18)/t16-/m1/s1. The minimum atomic E-state index is -3.13. The molecule has 1 aromatic carbocycles. The number of nitrogens with one attached hydrogen (secondary N) is 1. The molecule has 1 aliphatic rings. The van der Waals surface area contributed by atoms with Crippen molar-refractivity contribution < 1.29 is 32.2 Å². The van der Waals surface area contributed by atoms with Crippen LogP contribution in [0.4, 0.5) is 0 Å². The van der Waals surface area contributed by atoms with Gasteiger partial charge in [0.1, 0.15) is 11.5 Å². The number of carbonyl (C=O) groups excluding carboxylic acids is 2. The van der Waals surface area contributed by atoms with Crippen molar-refractivity contribution >= 4 is 21.7 Å². The van der Waals surface area contributed by atoms with Gasteiger partial charge in [0.2, 0.25) is 0 Å². The Balaban J connectivity index is 1.71. The first-order valence-corrected chi connectivity index (χ1v) is 9.47. The summed E-state index contributed by atoms with van der Waals surface area (Å²) >= 11 is 0. The number of benzene rings is 1. The molecule has 1 amide bonds. The third-order valence-electron chi connectivity index (χ3n) is 3.72. The van der Waals surface area contributed by atoms with E-state index in [1.54, 1.807) is 38.3 Å². The van der Waals surface area contributed by atoms with Crippen molar-refractivity contribution in [2.24, 2.45) is 0 Å². The van der Waals surface area contributed by atoms with Gasteiger partial charge in [-0.05, 0) is 37.6 Å². The fourth-order valence-electron chi connectivity index (χ4n) is 2.48. The summed E-state index contributed by atoms with van der Waals surface area (Å²) in [6.07, 6.45) is 0.343. The normalized spacial score (nSPS) is 21.4. The smallest absolute Gasteiger partial charge is 0.344 e. The van der Waals surface area contributed by atoms with Gasteiger partial charge >= 0.3 is 5.97 Å². The molecule has 1 heterocycles. The lowest BCUT2D eigenvalue weighted by Crippen LogP contribution is -2.48. The van der Waals surface area contributed by atoms with E-state index >= 15 is 0 Å². The fraction of sp³-hybridized carbons (Fsp3) is 0.500. The molecular weight excluding hydrogens is 350 g/mol. The Labute approximate surface area is 146 Å². The molecule has 0 bridgehead atoms. The van der Waals surface area contributed by atoms with Gasteiger partial charge in [-0.25, -0.2) is 13.2 Å². The van der Waals surface area contributed by atoms with E-state index in [1.807, 2.05) is 0 Å². The Morgan fingerprint density at radius 3 is 2.36 bits per heavy atom. The van der Waals surface area contributed by atoms with Crippen LogP contribution < -0.4 is 14.8 Å². The summed E-state index contributed by atoms with van der Waals surface area (Å²) in [4.78, 5) is 23.4. The zero-order valence-corrected chi connectivity index (χ0v) is 14.9. The number of sulfone groups is 1. The van der Waals surface area contributed by atoms with Crippen molar-refractivity contribution in [3.63, 3.8) is 0 Å². The van der Waals surface area contributed by atoms with Gasteiger partial charge in [-0.1, -0.05) is 0 Å². The maximum atomic E-state index is 11.8. The van der Waals surface area contributed by atoms with Gasteiger partial charge in [0.25, 0.3) is 5.91 Å². The number of hydrogen-bond donors (Lipinski definition) is 1. The second kappa shape index (κ2) is 7.73. The highest BCUT2D eigenvalue weighted by Gasteiger charge is 2.39. The summed E-state index contributed by atoms with van der Waals surface area (Å²) in [6, 6.07) is 6.65. The molecule has 1 fully saturated rings. The van der Waals surface area contributed by atoms with E-state index in [4.69, 9.17) is 14.2 Å². The minimum Gasteiger partial charge on any atom is -0.497 e. The molecule has 1 aromatic rings. The van der Waals surface area contributed by atoms with Crippen LogP contribution in [0.25, 0.3) is 0 Å². The molecule has 1 aliphatic heterocycles. The molecule has 1 saturated heterocycles. The van der Waals surface area contributed by atoms with Gasteiger partial charge < -0.3 is 19.5 Å². The number of methoxy groups -OCH3 is 1. The van der Waals surface area contributed by atoms with Crippen molar-refractivity contribution in [3.8, 4) is 11.5 Å². The van der Waals surface area contributed by atoms with Gasteiger partial charge in [-0.2, -0.15) is 0 Å². The van der Waals surface area contributed by atoms with Crippen LogP contribution in [0, 0.1) is 0 Å². The van der Waals surface area contributed by atoms with Crippen LogP contribution in [0.15, 0.2) is 24.3 Å². The van der Waals surface area contributed by atoms with E-state index in [2.05, 4.69) is 5.32 Å². The van der Waals surface area contributed by atoms with Crippen LogP contribution in [0.5, 0.6) is 11.5 Å². The summed E-state index contributed by atoms with van der Waals surface area (Å²) in [5, 5.41) is 2.60. The summed E-state index contributed by atoms with van der Waals surface area (Å²) in [5.41, 5.74) is -0.818. The highest BCUT2D eigenvalue weighted by Crippen LogP contribution is 2.22. The Hall–Kier alpha value is -2.29. The first kappa shape index (κ1) is 19.0. The average molecular weight is 371 g/mol. The van der Waals surface area contributed by atoms with Crippen LogP contribution in [-0.2, 0) is 24.2 Å². The van der Waals surface area contributed by atoms with Crippen LogP contribution in [0.1, 0.15) is 13.3 Å². The van der Waals surface area contributed by atoms with E-state index < -0.39 is 33.9 Å². The SMILES string of the molecule is COc1ccc(OCC(=O)OCC(=O)N[C@]2(C)CCS(=O)(=O)C2)cc1. The van der Waals surface area contributed by atoms with Crippen LogP contribution in [0.3, 0.4) is 0 Å². The number of ether oxygens (including phenoxy) is 3. The van der Waals surface area contributed by atoms with E-state index in [1.165, 1.54) is 0 Å². The fourth-order valence-corrected chi connectivity index (χ4v) is 4.58. The summed E-state index contributed by atoms with van der Waals surface area (Å²) in [7, 11) is -1.59. The van der Waals surface area contributed by atoms with Crippen molar-refractivity contribution in [2.45, 2.75) is 18.9 Å². The molecule has 0 saturated carbocycles. The third-order valence-corrected chi connectivity index (χ3v) is 5.63. The summed E-state index contributed by atoms with van der Waals surface area (Å²) in [6.45, 7) is 0.829. The summed E-state index contributed by atoms with van der Waals surface area (Å²) in [5.74, 6) is -0.188. The van der Waals surface area contributed by atoms with Gasteiger partial charge in [-0.15, -0.1) is 0 Å². The van der Waals surface area contributed by atoms with Gasteiger partial charge in [-0.3, -0.25) is 4.79 Å². The maximum absolute atomic E-state index is 11.8. The number of carbonyl (C=O) groups is 2. The first-order valence-electron chi connectivity index (χ1n) is 7.65. The van der Waals surface area contributed by atoms with Crippen molar-refractivity contribution in [2.75, 3.05) is 31.8 Å². The molecule has 0 aliphatic carbocycles. The molecule has 25 heavy (non-hydrogen) atoms. The summed E-state index contributed by atoms with van der Waals surface area (Å²) < 4.78 is 38.1. The van der Waals surface area contributed by atoms with Crippen molar-refractivity contribution in [1.82, 2.24) is 5.32 Å². The maximum Gasteiger partial charge on any atom is 0.344 e. The molecule has 0 aromatic heterocycles. The highest BCUT2D eigenvalue weighted by molar-refractivity contribution is 7.91. The van der Waals surface area contributed by atoms with Crippen molar-refractivity contribution in [1.29, 1.82) is 0 Å². The topological polar surface area (TPSA) is 108 Å². The average Bonchev–Trinajstić information content (AvgIpc) is 2.84. The van der Waals surface area contributed by atoms with E-state index in [0.29, 0.717) is 17.9 Å². The molecule has 9 heteroatoms. The molecule has 1 atom stereocenters. The van der Waals surface area contributed by atoms with Gasteiger partial charge in [0.05, 0.1) is 24.2 Å². The van der Waals surface area contributed by atoms with Crippen LogP contribution in [-0.4, -0.2) is 57.7 Å². The van der Waals surface area contributed by atoms with Crippen LogP contribution in [0.2, 0.25) is 0 Å².